The molecule has 0 spiro atoms. The number of benzene rings is 1. The fourth-order valence-corrected chi connectivity index (χ4v) is 4.29. The summed E-state index contributed by atoms with van der Waals surface area (Å²) in [5.74, 6) is -0.621. The van der Waals surface area contributed by atoms with Crippen LogP contribution in [-0.2, 0) is 11.3 Å². The molecule has 1 aliphatic rings. The molecule has 0 atom stereocenters. The van der Waals surface area contributed by atoms with E-state index in [0.717, 1.165) is 31.2 Å². The number of ether oxygens (including phenoxy) is 1. The number of carboxylic acids is 1. The summed E-state index contributed by atoms with van der Waals surface area (Å²) in [4.78, 5) is 28.3. The van der Waals surface area contributed by atoms with E-state index in [1.807, 2.05) is 19.2 Å². The van der Waals surface area contributed by atoms with Crippen LogP contribution in [0.4, 0.5) is 5.69 Å². The van der Waals surface area contributed by atoms with Gasteiger partial charge in [-0.05, 0) is 57.2 Å². The second kappa shape index (κ2) is 8.86. The van der Waals surface area contributed by atoms with Gasteiger partial charge in [0.25, 0.3) is 0 Å². The SMILES string of the molecule is Cc1cnn(CC(=O)NC2CCC(Oc3cccc4nc(C)c(C(=O)O)c(N)c34)CC2)c1. The van der Waals surface area contributed by atoms with Crippen LogP contribution in [0, 0.1) is 13.8 Å². The van der Waals surface area contributed by atoms with Crippen LogP contribution in [0.25, 0.3) is 10.9 Å². The number of hydrogen-bond acceptors (Lipinski definition) is 6. The van der Waals surface area contributed by atoms with Gasteiger partial charge < -0.3 is 20.9 Å². The smallest absolute Gasteiger partial charge is 0.339 e. The number of amides is 1. The summed E-state index contributed by atoms with van der Waals surface area (Å²) in [7, 11) is 0. The van der Waals surface area contributed by atoms with Crippen molar-refractivity contribution in [2.45, 2.75) is 58.2 Å². The van der Waals surface area contributed by atoms with Crippen molar-refractivity contribution in [3.8, 4) is 5.75 Å². The molecule has 4 rings (SSSR count). The number of carbonyl (C=O) groups excluding carboxylic acids is 1. The van der Waals surface area contributed by atoms with Crippen LogP contribution in [0.2, 0.25) is 0 Å². The third kappa shape index (κ3) is 4.51. The first-order chi connectivity index (χ1) is 15.3. The fraction of sp³-hybridized carbons (Fsp3) is 0.391. The summed E-state index contributed by atoms with van der Waals surface area (Å²) in [5.41, 5.74) is 8.39. The molecule has 1 aromatic carbocycles. The summed E-state index contributed by atoms with van der Waals surface area (Å²) in [5, 5.41) is 17.3. The molecular formula is C23H27N5O4. The Morgan fingerprint density at radius 1 is 1.25 bits per heavy atom. The highest BCUT2D eigenvalue weighted by atomic mass is 16.5. The van der Waals surface area contributed by atoms with Crippen molar-refractivity contribution >= 4 is 28.5 Å². The van der Waals surface area contributed by atoms with E-state index in [1.54, 1.807) is 29.9 Å². The first kappa shape index (κ1) is 21.6. The zero-order valence-electron chi connectivity index (χ0n) is 18.2. The zero-order valence-corrected chi connectivity index (χ0v) is 18.2. The van der Waals surface area contributed by atoms with Gasteiger partial charge in [-0.25, -0.2) is 4.79 Å². The predicted molar refractivity (Wildman–Crippen MR) is 120 cm³/mol. The van der Waals surface area contributed by atoms with Gasteiger partial charge in [0.2, 0.25) is 5.91 Å². The molecule has 1 amide bonds. The summed E-state index contributed by atoms with van der Waals surface area (Å²) < 4.78 is 7.87. The van der Waals surface area contributed by atoms with E-state index < -0.39 is 5.97 Å². The normalized spacial score (nSPS) is 18.4. The minimum Gasteiger partial charge on any atom is -0.490 e. The average molecular weight is 438 g/mol. The van der Waals surface area contributed by atoms with Gasteiger partial charge in [-0.1, -0.05) is 6.07 Å². The van der Waals surface area contributed by atoms with Crippen molar-refractivity contribution in [1.29, 1.82) is 0 Å². The highest BCUT2D eigenvalue weighted by Gasteiger charge is 2.25. The van der Waals surface area contributed by atoms with Crippen molar-refractivity contribution < 1.29 is 19.4 Å². The lowest BCUT2D eigenvalue weighted by Crippen LogP contribution is -2.41. The largest absolute Gasteiger partial charge is 0.490 e. The first-order valence-electron chi connectivity index (χ1n) is 10.7. The molecule has 0 radical (unpaired) electrons. The second-order valence-electron chi connectivity index (χ2n) is 8.32. The first-order valence-corrected chi connectivity index (χ1v) is 10.7. The highest BCUT2D eigenvalue weighted by molar-refractivity contribution is 6.06. The number of nitrogens with two attached hydrogens (primary N) is 1. The van der Waals surface area contributed by atoms with Crippen molar-refractivity contribution in [3.05, 3.63) is 47.4 Å². The number of nitrogen functional groups attached to an aromatic ring is 1. The minimum absolute atomic E-state index is 0.00680. The van der Waals surface area contributed by atoms with Crippen LogP contribution in [0.5, 0.6) is 5.75 Å². The Morgan fingerprint density at radius 2 is 2.00 bits per heavy atom. The van der Waals surface area contributed by atoms with E-state index in [1.165, 1.54) is 0 Å². The van der Waals surface area contributed by atoms with Crippen molar-refractivity contribution in [2.75, 3.05) is 5.73 Å². The molecule has 0 saturated heterocycles. The summed E-state index contributed by atoms with van der Waals surface area (Å²) >= 11 is 0. The Hall–Kier alpha value is -3.62. The number of rotatable bonds is 6. The molecule has 3 aromatic rings. The van der Waals surface area contributed by atoms with Crippen LogP contribution in [-0.4, -0.2) is 43.9 Å². The molecule has 0 aliphatic heterocycles. The Balaban J connectivity index is 1.40. The quantitative estimate of drug-likeness (QED) is 0.540. The molecule has 168 valence electrons. The maximum Gasteiger partial charge on any atom is 0.339 e. The van der Waals surface area contributed by atoms with E-state index in [0.29, 0.717) is 22.3 Å². The van der Waals surface area contributed by atoms with E-state index in [4.69, 9.17) is 10.5 Å². The Bertz CT molecular complexity index is 1160. The monoisotopic (exact) mass is 437 g/mol. The Morgan fingerprint density at radius 3 is 2.66 bits per heavy atom. The van der Waals surface area contributed by atoms with Gasteiger partial charge in [0, 0.05) is 12.2 Å². The van der Waals surface area contributed by atoms with E-state index in [-0.39, 0.29) is 35.8 Å². The molecule has 0 bridgehead atoms. The number of pyridine rings is 1. The molecule has 1 saturated carbocycles. The highest BCUT2D eigenvalue weighted by Crippen LogP contribution is 2.35. The topological polar surface area (TPSA) is 132 Å². The minimum atomic E-state index is -1.11. The molecule has 4 N–H and O–H groups in total. The lowest BCUT2D eigenvalue weighted by molar-refractivity contribution is -0.122. The third-order valence-electron chi connectivity index (χ3n) is 5.81. The van der Waals surface area contributed by atoms with Gasteiger partial charge in [-0.15, -0.1) is 0 Å². The fourth-order valence-electron chi connectivity index (χ4n) is 4.29. The maximum absolute atomic E-state index is 12.3. The summed E-state index contributed by atoms with van der Waals surface area (Å²) in [6.45, 7) is 3.78. The molecule has 2 aromatic heterocycles. The predicted octanol–water partition coefficient (Wildman–Crippen LogP) is 2.83. The van der Waals surface area contributed by atoms with Gasteiger partial charge >= 0.3 is 5.97 Å². The second-order valence-corrected chi connectivity index (χ2v) is 8.32. The summed E-state index contributed by atoms with van der Waals surface area (Å²) in [6, 6.07) is 5.51. The number of anilines is 1. The van der Waals surface area contributed by atoms with Crippen LogP contribution < -0.4 is 15.8 Å². The van der Waals surface area contributed by atoms with Gasteiger partial charge in [-0.3, -0.25) is 14.5 Å². The number of aryl methyl sites for hydroxylation is 2. The lowest BCUT2D eigenvalue weighted by Gasteiger charge is -2.30. The average Bonchev–Trinajstić information content (AvgIpc) is 3.13. The molecule has 32 heavy (non-hydrogen) atoms. The van der Waals surface area contributed by atoms with Crippen molar-refractivity contribution in [3.63, 3.8) is 0 Å². The van der Waals surface area contributed by atoms with Crippen LogP contribution in [0.1, 0.15) is 47.3 Å². The molecule has 1 aliphatic carbocycles. The van der Waals surface area contributed by atoms with E-state index in [9.17, 15) is 14.7 Å². The Kier molecular flexibility index (Phi) is 5.98. The standard InChI is InChI=1S/C23H27N5O4/c1-13-10-25-28(11-13)12-19(29)27-15-6-8-16(9-7-15)32-18-5-3-4-17-21(18)22(24)20(23(30)31)14(2)26-17/h3-5,10-11,15-16H,6-9,12H2,1-2H3,(H2,24,26)(H,27,29)(H,30,31). The number of fused-ring (bicyclic) bond motifs is 1. The van der Waals surface area contributed by atoms with Crippen LogP contribution in [0.15, 0.2) is 30.6 Å². The molecule has 2 heterocycles. The number of nitrogens with zero attached hydrogens (tertiary/aromatic N) is 3. The van der Waals surface area contributed by atoms with Crippen LogP contribution >= 0.6 is 0 Å². The van der Waals surface area contributed by atoms with Crippen molar-refractivity contribution in [2.24, 2.45) is 0 Å². The van der Waals surface area contributed by atoms with Gasteiger partial charge in [0.1, 0.15) is 17.9 Å². The van der Waals surface area contributed by atoms with Gasteiger partial charge in [-0.2, -0.15) is 5.10 Å². The number of hydrogen-bond donors (Lipinski definition) is 3. The van der Waals surface area contributed by atoms with Gasteiger partial charge in [0.15, 0.2) is 0 Å². The Labute approximate surface area is 185 Å². The summed E-state index contributed by atoms with van der Waals surface area (Å²) in [6.07, 6.45) is 6.66. The number of aromatic nitrogens is 3. The molecule has 9 heteroatoms. The number of carboxylic acid groups (broad SMARTS) is 1. The van der Waals surface area contributed by atoms with E-state index >= 15 is 0 Å². The molecule has 9 nitrogen and oxygen atoms in total. The molecular weight excluding hydrogens is 410 g/mol. The number of nitrogens with one attached hydrogen (secondary N) is 1. The molecule has 0 unspecified atom stereocenters. The van der Waals surface area contributed by atoms with Crippen molar-refractivity contribution in [1.82, 2.24) is 20.1 Å². The number of aromatic carboxylic acids is 1. The van der Waals surface area contributed by atoms with Crippen LogP contribution in [0.3, 0.4) is 0 Å². The maximum atomic E-state index is 12.3. The third-order valence-corrected chi connectivity index (χ3v) is 5.81. The van der Waals surface area contributed by atoms with Gasteiger partial charge in [0.05, 0.1) is 34.6 Å². The van der Waals surface area contributed by atoms with E-state index in [2.05, 4.69) is 15.4 Å². The lowest BCUT2D eigenvalue weighted by atomic mass is 9.92. The zero-order chi connectivity index (χ0) is 22.8. The molecule has 1 fully saturated rings. The number of carbonyl (C=O) groups is 2.